The van der Waals surface area contributed by atoms with Gasteiger partial charge in [-0.25, -0.2) is 4.98 Å². The van der Waals surface area contributed by atoms with Gasteiger partial charge >= 0.3 is 6.18 Å². The summed E-state index contributed by atoms with van der Waals surface area (Å²) in [5.41, 5.74) is 0.798. The fraction of sp³-hybridized carbons (Fsp3) is 0.429. The maximum absolute atomic E-state index is 12.7. The molecule has 2 N–H and O–H groups in total. The van der Waals surface area contributed by atoms with Crippen molar-refractivity contribution >= 4 is 11.6 Å². The third-order valence-corrected chi connectivity index (χ3v) is 3.76. The summed E-state index contributed by atoms with van der Waals surface area (Å²) in [6.45, 7) is -0.312. The molecule has 3 aromatic rings. The van der Waals surface area contributed by atoms with Crippen LogP contribution in [0.2, 0.25) is 0 Å². The number of aromatic amines is 1. The Morgan fingerprint density at radius 3 is 3.00 bits per heavy atom. The Balaban J connectivity index is 1.73. The highest BCUT2D eigenvalue weighted by Gasteiger charge is 2.30. The molecule has 0 aliphatic carbocycles. The summed E-state index contributed by atoms with van der Waals surface area (Å²) in [5.74, 6) is 0.151. The van der Waals surface area contributed by atoms with Crippen molar-refractivity contribution in [2.24, 2.45) is 0 Å². The summed E-state index contributed by atoms with van der Waals surface area (Å²) in [5, 5.41) is 13.7. The van der Waals surface area contributed by atoms with Crippen molar-refractivity contribution in [3.05, 3.63) is 18.7 Å². The molecular formula is C14H14F3N7O2. The molecule has 1 fully saturated rings. The van der Waals surface area contributed by atoms with Crippen LogP contribution in [0.1, 0.15) is 6.42 Å². The molecule has 0 aromatic carbocycles. The van der Waals surface area contributed by atoms with Crippen LogP contribution < -0.4 is 10.1 Å². The van der Waals surface area contributed by atoms with Gasteiger partial charge in [-0.15, -0.1) is 5.10 Å². The molecule has 0 saturated carbocycles. The topological polar surface area (TPSA) is 102 Å². The lowest BCUT2D eigenvalue weighted by atomic mass is 10.2. The number of hydrogen-bond acceptors (Lipinski definition) is 7. The van der Waals surface area contributed by atoms with Gasteiger partial charge in [-0.05, 0) is 6.42 Å². The zero-order valence-electron chi connectivity index (χ0n) is 13.3. The molecule has 138 valence electrons. The number of nitrogens with zero attached hydrogens (tertiary/aromatic N) is 5. The third-order valence-electron chi connectivity index (χ3n) is 3.76. The number of halogens is 3. The van der Waals surface area contributed by atoms with Crippen LogP contribution >= 0.6 is 0 Å². The van der Waals surface area contributed by atoms with E-state index in [0.29, 0.717) is 18.8 Å². The number of hydrogen-bond donors (Lipinski definition) is 2. The Morgan fingerprint density at radius 2 is 2.31 bits per heavy atom. The van der Waals surface area contributed by atoms with Crippen LogP contribution in [0.3, 0.4) is 0 Å². The zero-order valence-corrected chi connectivity index (χ0v) is 13.3. The van der Waals surface area contributed by atoms with E-state index >= 15 is 0 Å². The van der Waals surface area contributed by atoms with Gasteiger partial charge in [-0.1, -0.05) is 0 Å². The first-order chi connectivity index (χ1) is 12.5. The second kappa shape index (κ2) is 6.44. The largest absolute Gasteiger partial charge is 0.478 e. The van der Waals surface area contributed by atoms with Gasteiger partial charge < -0.3 is 14.8 Å². The molecule has 1 unspecified atom stereocenters. The fourth-order valence-corrected chi connectivity index (χ4v) is 2.60. The van der Waals surface area contributed by atoms with Gasteiger partial charge in [0.15, 0.2) is 12.4 Å². The quantitative estimate of drug-likeness (QED) is 0.705. The van der Waals surface area contributed by atoms with Crippen molar-refractivity contribution in [1.82, 2.24) is 29.8 Å². The number of alkyl halides is 3. The van der Waals surface area contributed by atoms with E-state index in [1.807, 2.05) is 0 Å². The van der Waals surface area contributed by atoms with Crippen molar-refractivity contribution in [3.8, 4) is 17.0 Å². The van der Waals surface area contributed by atoms with E-state index in [1.165, 1.54) is 23.2 Å². The van der Waals surface area contributed by atoms with Gasteiger partial charge in [0.1, 0.15) is 12.0 Å². The summed E-state index contributed by atoms with van der Waals surface area (Å²) in [6.07, 6.45) is 0.602. The van der Waals surface area contributed by atoms with E-state index in [9.17, 15) is 13.2 Å². The van der Waals surface area contributed by atoms with Crippen molar-refractivity contribution in [2.75, 3.05) is 25.1 Å². The van der Waals surface area contributed by atoms with Crippen molar-refractivity contribution in [3.63, 3.8) is 0 Å². The summed E-state index contributed by atoms with van der Waals surface area (Å²) in [7, 11) is 0. The van der Waals surface area contributed by atoms with Gasteiger partial charge in [0.05, 0.1) is 18.8 Å². The van der Waals surface area contributed by atoms with Crippen molar-refractivity contribution in [1.29, 1.82) is 0 Å². The standard InChI is InChI=1S/C14H14F3N7O2/c15-14(16,17)6-26-11-10(8-3-19-20-4-8)18-7-24-12(11)22-13(23-24)21-9-1-2-25-5-9/h3-4,7,9H,1-2,5-6H2,(H,19,20)(H,21,23). The molecule has 3 aromatic heterocycles. The molecule has 0 bridgehead atoms. The number of anilines is 1. The Morgan fingerprint density at radius 1 is 1.42 bits per heavy atom. The number of H-pyrrole nitrogens is 1. The number of aromatic nitrogens is 6. The number of rotatable bonds is 5. The van der Waals surface area contributed by atoms with Crippen molar-refractivity contribution in [2.45, 2.75) is 18.6 Å². The number of nitrogens with one attached hydrogen (secondary N) is 2. The van der Waals surface area contributed by atoms with Gasteiger partial charge in [0.25, 0.3) is 0 Å². The number of ether oxygens (including phenoxy) is 2. The molecule has 12 heteroatoms. The molecule has 1 atom stereocenters. The minimum absolute atomic E-state index is 0.0493. The van der Waals surface area contributed by atoms with E-state index in [1.54, 1.807) is 0 Å². The normalized spacial score (nSPS) is 17.7. The van der Waals surface area contributed by atoms with E-state index in [0.717, 1.165) is 6.42 Å². The average molecular weight is 369 g/mol. The molecule has 26 heavy (non-hydrogen) atoms. The molecule has 1 saturated heterocycles. The highest BCUT2D eigenvalue weighted by molar-refractivity contribution is 5.73. The van der Waals surface area contributed by atoms with Crippen LogP contribution in [0.4, 0.5) is 19.1 Å². The van der Waals surface area contributed by atoms with Crippen LogP contribution in [0, 0.1) is 0 Å². The van der Waals surface area contributed by atoms with Crippen LogP contribution in [0.15, 0.2) is 18.7 Å². The molecular weight excluding hydrogens is 355 g/mol. The molecule has 0 radical (unpaired) electrons. The fourth-order valence-electron chi connectivity index (χ4n) is 2.60. The summed E-state index contributed by atoms with van der Waals surface area (Å²) in [4.78, 5) is 8.42. The number of fused-ring (bicyclic) bond motifs is 1. The molecule has 1 aliphatic heterocycles. The maximum atomic E-state index is 12.7. The second-order valence-electron chi connectivity index (χ2n) is 5.72. The Hall–Kier alpha value is -2.89. The smallest absolute Gasteiger partial charge is 0.422 e. The first-order valence-corrected chi connectivity index (χ1v) is 7.78. The monoisotopic (exact) mass is 369 g/mol. The third kappa shape index (κ3) is 3.40. The zero-order chi connectivity index (χ0) is 18.1. The van der Waals surface area contributed by atoms with E-state index in [-0.39, 0.29) is 29.1 Å². The first-order valence-electron chi connectivity index (χ1n) is 7.78. The van der Waals surface area contributed by atoms with E-state index < -0.39 is 12.8 Å². The Bertz CT molecular complexity index is 888. The van der Waals surface area contributed by atoms with Gasteiger partial charge in [-0.2, -0.15) is 27.8 Å². The van der Waals surface area contributed by atoms with Gasteiger partial charge in [-0.3, -0.25) is 5.10 Å². The molecule has 4 rings (SSSR count). The highest BCUT2D eigenvalue weighted by Crippen LogP contribution is 2.32. The highest BCUT2D eigenvalue weighted by atomic mass is 19.4. The van der Waals surface area contributed by atoms with Crippen molar-refractivity contribution < 1.29 is 22.6 Å². The lowest BCUT2D eigenvalue weighted by Gasteiger charge is -2.12. The predicted octanol–water partition coefficient (Wildman–Crippen LogP) is 1.66. The maximum Gasteiger partial charge on any atom is 0.422 e. The Kier molecular flexibility index (Phi) is 4.11. The summed E-state index contributed by atoms with van der Waals surface area (Å²) >= 11 is 0. The summed E-state index contributed by atoms with van der Waals surface area (Å²) < 4.78 is 49.5. The predicted molar refractivity (Wildman–Crippen MR) is 82.8 cm³/mol. The molecule has 4 heterocycles. The second-order valence-corrected chi connectivity index (χ2v) is 5.72. The lowest BCUT2D eigenvalue weighted by molar-refractivity contribution is -0.153. The summed E-state index contributed by atoms with van der Waals surface area (Å²) in [6, 6.07) is 0.0493. The lowest BCUT2D eigenvalue weighted by Crippen LogP contribution is -2.20. The van der Waals surface area contributed by atoms with E-state index in [2.05, 4.69) is 30.6 Å². The first kappa shape index (κ1) is 16.6. The van der Waals surface area contributed by atoms with Gasteiger partial charge in [0, 0.05) is 18.4 Å². The molecule has 0 spiro atoms. The molecule has 0 amide bonds. The van der Waals surface area contributed by atoms with Crippen LogP contribution in [-0.2, 0) is 4.74 Å². The SMILES string of the molecule is FC(F)(F)COc1c(-c2cn[nH]c2)ncn2nc(NC3CCOC3)nc12. The minimum atomic E-state index is -4.50. The Labute approximate surface area is 144 Å². The van der Waals surface area contributed by atoms with Gasteiger partial charge in [0.2, 0.25) is 11.6 Å². The van der Waals surface area contributed by atoms with Crippen LogP contribution in [0.5, 0.6) is 5.75 Å². The van der Waals surface area contributed by atoms with Crippen LogP contribution in [-0.4, -0.2) is 61.8 Å². The molecule has 1 aliphatic rings. The average Bonchev–Trinajstić information content (AvgIpc) is 3.33. The van der Waals surface area contributed by atoms with E-state index in [4.69, 9.17) is 9.47 Å². The van der Waals surface area contributed by atoms with Crippen LogP contribution in [0.25, 0.3) is 16.9 Å². The minimum Gasteiger partial charge on any atom is -0.478 e. The molecule has 9 nitrogen and oxygen atoms in total.